The standard InChI is InChI=1S/C2H6O.CH5O3P/c1-3-2;1-5(2,3)4/h1-2H3;1H3,(H2,2,3,4). The Morgan fingerprint density at radius 2 is 1.38 bits per heavy atom. The van der Waals surface area contributed by atoms with E-state index >= 15 is 0 Å². The molecule has 0 aliphatic carbocycles. The minimum absolute atomic E-state index is 0.854. The molecule has 0 atom stereocenters. The molecule has 0 spiro atoms. The van der Waals surface area contributed by atoms with E-state index in [2.05, 4.69) is 4.74 Å². The highest BCUT2D eigenvalue weighted by Crippen LogP contribution is 2.26. The molecule has 5 heteroatoms. The first kappa shape index (κ1) is 11.0. The number of hydrogen-bond donors (Lipinski definition) is 2. The lowest BCUT2D eigenvalue weighted by molar-refractivity contribution is 0.277. The molecule has 0 bridgehead atoms. The monoisotopic (exact) mass is 142 g/mol. The van der Waals surface area contributed by atoms with E-state index < -0.39 is 7.60 Å². The molecule has 0 radical (unpaired) electrons. The number of ether oxygens (including phenoxy) is 1. The van der Waals surface area contributed by atoms with Crippen LogP contribution < -0.4 is 0 Å². The molecule has 0 heterocycles. The van der Waals surface area contributed by atoms with E-state index in [1.807, 2.05) is 0 Å². The van der Waals surface area contributed by atoms with Crippen molar-refractivity contribution < 1.29 is 19.1 Å². The van der Waals surface area contributed by atoms with Crippen LogP contribution in [0, 0.1) is 0 Å². The van der Waals surface area contributed by atoms with Gasteiger partial charge in [0.2, 0.25) is 0 Å². The summed E-state index contributed by atoms with van der Waals surface area (Å²) < 4.78 is 13.6. The second kappa shape index (κ2) is 5.25. The quantitative estimate of drug-likeness (QED) is 0.469. The summed E-state index contributed by atoms with van der Waals surface area (Å²) in [5, 5.41) is 0. The molecule has 8 heavy (non-hydrogen) atoms. The molecule has 0 fully saturated rings. The van der Waals surface area contributed by atoms with E-state index in [1.54, 1.807) is 14.2 Å². The summed E-state index contributed by atoms with van der Waals surface area (Å²) in [5.74, 6) is 0. The molecule has 0 aliphatic heterocycles. The maximum absolute atomic E-state index is 9.33. The molecule has 4 nitrogen and oxygen atoms in total. The van der Waals surface area contributed by atoms with Gasteiger partial charge in [-0.2, -0.15) is 0 Å². The van der Waals surface area contributed by atoms with Crippen molar-refractivity contribution in [2.24, 2.45) is 0 Å². The number of methoxy groups -OCH3 is 1. The van der Waals surface area contributed by atoms with Crippen LogP contribution in [-0.4, -0.2) is 30.7 Å². The maximum Gasteiger partial charge on any atom is 0.322 e. The molecule has 0 aromatic heterocycles. The first-order valence-corrected chi connectivity index (χ1v) is 3.91. The van der Waals surface area contributed by atoms with Gasteiger partial charge < -0.3 is 14.5 Å². The van der Waals surface area contributed by atoms with Crippen LogP contribution in [0.5, 0.6) is 0 Å². The molecule has 0 aromatic carbocycles. The molecule has 0 saturated heterocycles. The highest BCUT2D eigenvalue weighted by atomic mass is 31.2. The minimum atomic E-state index is -3.64. The average Bonchev–Trinajstić information content (AvgIpc) is 1.27. The molecule has 0 rings (SSSR count). The first-order valence-electron chi connectivity index (χ1n) is 1.85. The van der Waals surface area contributed by atoms with Gasteiger partial charge >= 0.3 is 7.60 Å². The molecule has 52 valence electrons. The minimum Gasteiger partial charge on any atom is -0.388 e. The third kappa shape index (κ3) is 13200. The lowest BCUT2D eigenvalue weighted by Crippen LogP contribution is -1.64. The van der Waals surface area contributed by atoms with Crippen LogP contribution in [0.25, 0.3) is 0 Å². The zero-order valence-corrected chi connectivity index (χ0v) is 6.05. The third-order valence-electron chi connectivity index (χ3n) is 0. The fraction of sp³-hybridized carbons (Fsp3) is 1.00. The molecule has 0 unspecified atom stereocenters. The smallest absolute Gasteiger partial charge is 0.322 e. The van der Waals surface area contributed by atoms with Crippen LogP contribution >= 0.6 is 7.60 Å². The van der Waals surface area contributed by atoms with Gasteiger partial charge in [0.1, 0.15) is 0 Å². The maximum atomic E-state index is 9.33. The molecule has 2 N–H and O–H groups in total. The van der Waals surface area contributed by atoms with Gasteiger partial charge in [0, 0.05) is 20.9 Å². The highest BCUT2D eigenvalue weighted by molar-refractivity contribution is 7.50. The average molecular weight is 142 g/mol. The Hall–Kier alpha value is 0.110. The Kier molecular flexibility index (Phi) is 7.21. The Morgan fingerprint density at radius 1 is 1.38 bits per heavy atom. The van der Waals surface area contributed by atoms with Crippen molar-refractivity contribution in [2.45, 2.75) is 0 Å². The van der Waals surface area contributed by atoms with Crippen molar-refractivity contribution in [3.8, 4) is 0 Å². The van der Waals surface area contributed by atoms with Gasteiger partial charge in [0.15, 0.2) is 0 Å². The van der Waals surface area contributed by atoms with Crippen LogP contribution in [0.15, 0.2) is 0 Å². The lowest BCUT2D eigenvalue weighted by atomic mass is 11.6. The van der Waals surface area contributed by atoms with Crippen LogP contribution in [0.3, 0.4) is 0 Å². The Labute approximate surface area is 48.6 Å². The molecular formula is C3H11O4P. The van der Waals surface area contributed by atoms with Crippen LogP contribution in [-0.2, 0) is 9.30 Å². The van der Waals surface area contributed by atoms with Gasteiger partial charge in [-0.15, -0.1) is 0 Å². The molecule has 0 aliphatic rings. The highest BCUT2D eigenvalue weighted by Gasteiger charge is 1.95. The van der Waals surface area contributed by atoms with Crippen molar-refractivity contribution in [1.82, 2.24) is 0 Å². The largest absolute Gasteiger partial charge is 0.388 e. The Bertz CT molecular complexity index is 67.1. The molecule has 0 amide bonds. The van der Waals surface area contributed by atoms with Crippen LogP contribution in [0.1, 0.15) is 0 Å². The lowest BCUT2D eigenvalue weighted by Gasteiger charge is -1.84. The summed E-state index contributed by atoms with van der Waals surface area (Å²) in [6, 6.07) is 0. The van der Waals surface area contributed by atoms with Crippen molar-refractivity contribution in [3.63, 3.8) is 0 Å². The van der Waals surface area contributed by atoms with Crippen molar-refractivity contribution in [2.75, 3.05) is 20.9 Å². The van der Waals surface area contributed by atoms with E-state index in [-0.39, 0.29) is 0 Å². The van der Waals surface area contributed by atoms with Crippen molar-refractivity contribution in [3.05, 3.63) is 0 Å². The predicted octanol–water partition coefficient (Wildman–Crippen LogP) is 0.0565. The van der Waals surface area contributed by atoms with E-state index in [0.717, 1.165) is 6.66 Å². The second-order valence-electron chi connectivity index (χ2n) is 1.24. The fourth-order valence-corrected chi connectivity index (χ4v) is 0. The fourth-order valence-electron chi connectivity index (χ4n) is 0. The van der Waals surface area contributed by atoms with Crippen molar-refractivity contribution in [1.29, 1.82) is 0 Å². The second-order valence-corrected chi connectivity index (χ2v) is 2.91. The summed E-state index contributed by atoms with van der Waals surface area (Å²) in [6.45, 7) is 0.854. The first-order chi connectivity index (χ1) is 3.41. The topological polar surface area (TPSA) is 66.8 Å². The SMILES string of the molecule is COC.CP(=O)(O)O. The number of hydrogen-bond acceptors (Lipinski definition) is 2. The summed E-state index contributed by atoms with van der Waals surface area (Å²) in [6.07, 6.45) is 0. The van der Waals surface area contributed by atoms with Gasteiger partial charge in [-0.1, -0.05) is 0 Å². The van der Waals surface area contributed by atoms with Gasteiger partial charge in [0.05, 0.1) is 0 Å². The molecular weight excluding hydrogens is 131 g/mol. The zero-order chi connectivity index (χ0) is 7.21. The normalized spacial score (nSPS) is 9.62. The summed E-state index contributed by atoms with van der Waals surface area (Å²) in [5.41, 5.74) is 0. The van der Waals surface area contributed by atoms with Crippen LogP contribution in [0.4, 0.5) is 0 Å². The van der Waals surface area contributed by atoms with E-state index in [9.17, 15) is 4.57 Å². The van der Waals surface area contributed by atoms with E-state index in [4.69, 9.17) is 9.79 Å². The summed E-state index contributed by atoms with van der Waals surface area (Å²) >= 11 is 0. The number of rotatable bonds is 0. The van der Waals surface area contributed by atoms with E-state index in [1.165, 1.54) is 0 Å². The molecule has 0 saturated carbocycles. The van der Waals surface area contributed by atoms with Gasteiger partial charge in [-0.3, -0.25) is 4.57 Å². The summed E-state index contributed by atoms with van der Waals surface area (Å²) in [4.78, 5) is 15.3. The van der Waals surface area contributed by atoms with Gasteiger partial charge in [-0.05, 0) is 0 Å². The van der Waals surface area contributed by atoms with Crippen LogP contribution in [0.2, 0.25) is 0 Å². The van der Waals surface area contributed by atoms with Gasteiger partial charge in [0.25, 0.3) is 0 Å². The Morgan fingerprint density at radius 3 is 1.38 bits per heavy atom. The summed E-state index contributed by atoms with van der Waals surface area (Å²) in [7, 11) is -0.389. The molecule has 0 aromatic rings. The Balaban J connectivity index is 0. The van der Waals surface area contributed by atoms with Crippen molar-refractivity contribution >= 4 is 7.60 Å². The van der Waals surface area contributed by atoms with Gasteiger partial charge in [-0.25, -0.2) is 0 Å². The third-order valence-corrected chi connectivity index (χ3v) is 0. The zero-order valence-electron chi connectivity index (χ0n) is 5.16. The van der Waals surface area contributed by atoms with E-state index in [0.29, 0.717) is 0 Å². The predicted molar refractivity (Wildman–Crippen MR) is 30.9 cm³/mol.